The van der Waals surface area contributed by atoms with Crippen molar-refractivity contribution in [3.05, 3.63) is 59.7 Å². The van der Waals surface area contributed by atoms with Crippen LogP contribution >= 0.6 is 0 Å². The molecule has 0 atom stereocenters. The summed E-state index contributed by atoms with van der Waals surface area (Å²) in [5.41, 5.74) is -0.225. The number of hydrogen-bond acceptors (Lipinski definition) is 3. The Morgan fingerprint density at radius 2 is 1.75 bits per heavy atom. The van der Waals surface area contributed by atoms with Crippen molar-refractivity contribution >= 4 is 17.6 Å². The second-order valence-corrected chi connectivity index (χ2v) is 6.95. The predicted molar refractivity (Wildman–Crippen MR) is 99.5 cm³/mol. The van der Waals surface area contributed by atoms with Gasteiger partial charge in [0.15, 0.2) is 6.61 Å². The van der Waals surface area contributed by atoms with Gasteiger partial charge in [-0.25, -0.2) is 13.6 Å². The lowest BCUT2D eigenvalue weighted by molar-refractivity contribution is -0.139. The molecule has 7 heteroatoms. The Morgan fingerprint density at radius 3 is 2.32 bits per heavy atom. The smallest absolute Gasteiger partial charge is 0.341 e. The number of halogens is 2. The van der Waals surface area contributed by atoms with Crippen molar-refractivity contribution in [2.24, 2.45) is 0 Å². The monoisotopic (exact) mass is 389 g/mol. The van der Waals surface area contributed by atoms with Gasteiger partial charge in [-0.15, -0.1) is 0 Å². The third-order valence-corrected chi connectivity index (χ3v) is 5.20. The van der Waals surface area contributed by atoms with Gasteiger partial charge in [-0.3, -0.25) is 4.79 Å². The summed E-state index contributed by atoms with van der Waals surface area (Å²) in [5.74, 6) is -2.35. The summed E-state index contributed by atoms with van der Waals surface area (Å²) in [4.78, 5) is 25.4. The first-order chi connectivity index (χ1) is 13.3. The number of benzene rings is 2. The standard InChI is InChI=1S/C21H21F2NO4/c1-24(15-5-7-16(8-6-15)28-13-19(25)26)20(27)21(10-2-3-11-21)17-9-4-14(22)12-18(17)23/h4-9,12H,2-3,10-11,13H2,1H3,(H,25,26). The van der Waals surface area contributed by atoms with Crippen molar-refractivity contribution in [2.75, 3.05) is 18.6 Å². The lowest BCUT2D eigenvalue weighted by Gasteiger charge is -2.33. The highest BCUT2D eigenvalue weighted by Gasteiger charge is 2.46. The highest BCUT2D eigenvalue weighted by molar-refractivity contribution is 6.01. The number of aliphatic carboxylic acids is 1. The molecule has 0 saturated heterocycles. The number of anilines is 1. The van der Waals surface area contributed by atoms with Gasteiger partial charge in [-0.2, -0.15) is 0 Å². The summed E-state index contributed by atoms with van der Waals surface area (Å²) in [6.07, 6.45) is 2.58. The fraction of sp³-hybridized carbons (Fsp3) is 0.333. The highest BCUT2D eigenvalue weighted by atomic mass is 19.1. The summed E-state index contributed by atoms with van der Waals surface area (Å²) in [6, 6.07) is 9.78. The van der Waals surface area contributed by atoms with Crippen molar-refractivity contribution < 1.29 is 28.2 Å². The molecule has 0 heterocycles. The maximum absolute atomic E-state index is 14.5. The van der Waals surface area contributed by atoms with E-state index in [-0.39, 0.29) is 11.5 Å². The third kappa shape index (κ3) is 3.83. The Bertz CT molecular complexity index is 876. The Balaban J connectivity index is 1.86. The molecule has 28 heavy (non-hydrogen) atoms. The van der Waals surface area contributed by atoms with Crippen molar-refractivity contribution in [3.63, 3.8) is 0 Å². The second-order valence-electron chi connectivity index (χ2n) is 6.95. The lowest BCUT2D eigenvalue weighted by atomic mass is 9.77. The summed E-state index contributed by atoms with van der Waals surface area (Å²) in [7, 11) is 1.61. The molecule has 1 aliphatic rings. The highest BCUT2D eigenvalue weighted by Crippen LogP contribution is 2.44. The Labute approximate surface area is 161 Å². The van der Waals surface area contributed by atoms with Crippen molar-refractivity contribution in [3.8, 4) is 5.75 Å². The number of carboxylic acids is 1. The van der Waals surface area contributed by atoms with Crippen LogP contribution in [0.25, 0.3) is 0 Å². The van der Waals surface area contributed by atoms with Crippen LogP contribution in [0.15, 0.2) is 42.5 Å². The van der Waals surface area contributed by atoms with Gasteiger partial charge >= 0.3 is 5.97 Å². The van der Waals surface area contributed by atoms with Crippen LogP contribution in [0.5, 0.6) is 5.75 Å². The molecule has 148 valence electrons. The van der Waals surface area contributed by atoms with Crippen LogP contribution in [0, 0.1) is 11.6 Å². The molecule has 0 aromatic heterocycles. The number of carbonyl (C=O) groups excluding carboxylic acids is 1. The summed E-state index contributed by atoms with van der Waals surface area (Å²) in [6.45, 7) is -0.457. The van der Waals surface area contributed by atoms with E-state index in [2.05, 4.69) is 0 Å². The number of amides is 1. The summed E-state index contributed by atoms with van der Waals surface area (Å²) < 4.78 is 32.9. The van der Waals surface area contributed by atoms with Gasteiger partial charge in [0.2, 0.25) is 5.91 Å². The van der Waals surface area contributed by atoms with E-state index in [9.17, 15) is 18.4 Å². The van der Waals surface area contributed by atoms with Crippen molar-refractivity contribution in [1.82, 2.24) is 0 Å². The summed E-state index contributed by atoms with van der Waals surface area (Å²) in [5, 5.41) is 8.66. The van der Waals surface area contributed by atoms with E-state index in [0.717, 1.165) is 18.9 Å². The van der Waals surface area contributed by atoms with Crippen LogP contribution in [0.2, 0.25) is 0 Å². The number of ether oxygens (including phenoxy) is 1. The molecule has 2 aromatic rings. The molecule has 0 aliphatic heterocycles. The van der Waals surface area contributed by atoms with Gasteiger partial charge < -0.3 is 14.7 Å². The minimum atomic E-state index is -1.08. The minimum Gasteiger partial charge on any atom is -0.482 e. The lowest BCUT2D eigenvalue weighted by Crippen LogP contribution is -2.44. The zero-order valence-electron chi connectivity index (χ0n) is 15.5. The third-order valence-electron chi connectivity index (χ3n) is 5.20. The molecule has 1 saturated carbocycles. The Hall–Kier alpha value is -2.96. The van der Waals surface area contributed by atoms with E-state index in [4.69, 9.17) is 9.84 Å². The van der Waals surface area contributed by atoms with E-state index in [1.54, 1.807) is 31.3 Å². The van der Waals surface area contributed by atoms with Crippen molar-refractivity contribution in [1.29, 1.82) is 0 Å². The quantitative estimate of drug-likeness (QED) is 0.814. The minimum absolute atomic E-state index is 0.227. The first kappa shape index (κ1) is 19.8. The molecule has 1 fully saturated rings. The second kappa shape index (κ2) is 7.96. The van der Waals surface area contributed by atoms with Crippen LogP contribution in [-0.2, 0) is 15.0 Å². The fourth-order valence-corrected chi connectivity index (χ4v) is 3.80. The van der Waals surface area contributed by atoms with Gasteiger partial charge in [-0.05, 0) is 43.2 Å². The zero-order chi connectivity index (χ0) is 20.3. The molecule has 1 aliphatic carbocycles. The van der Waals surface area contributed by atoms with E-state index in [0.29, 0.717) is 24.3 Å². The summed E-state index contributed by atoms with van der Waals surface area (Å²) >= 11 is 0. The number of nitrogens with zero attached hydrogens (tertiary/aromatic N) is 1. The van der Waals surface area contributed by atoms with Gasteiger partial charge in [0.05, 0.1) is 5.41 Å². The molecule has 0 spiro atoms. The molecule has 5 nitrogen and oxygen atoms in total. The average Bonchev–Trinajstić information content (AvgIpc) is 3.16. The number of hydrogen-bond donors (Lipinski definition) is 1. The molecule has 0 bridgehead atoms. The Kier molecular flexibility index (Phi) is 5.63. The number of carbonyl (C=O) groups is 2. The molecule has 1 N–H and O–H groups in total. The van der Waals surface area contributed by atoms with Crippen LogP contribution in [0.4, 0.5) is 14.5 Å². The maximum atomic E-state index is 14.5. The first-order valence-corrected chi connectivity index (χ1v) is 9.02. The van der Waals surface area contributed by atoms with Crippen LogP contribution < -0.4 is 9.64 Å². The van der Waals surface area contributed by atoms with Crippen LogP contribution in [-0.4, -0.2) is 30.6 Å². The van der Waals surface area contributed by atoms with Crippen LogP contribution in [0.3, 0.4) is 0 Å². The van der Waals surface area contributed by atoms with E-state index < -0.39 is 29.6 Å². The number of carboxylic acid groups (broad SMARTS) is 1. The fourth-order valence-electron chi connectivity index (χ4n) is 3.80. The molecule has 1 amide bonds. The van der Waals surface area contributed by atoms with Crippen LogP contribution in [0.1, 0.15) is 31.2 Å². The number of rotatable bonds is 6. The molecule has 0 unspecified atom stereocenters. The van der Waals surface area contributed by atoms with Gasteiger partial charge in [0.25, 0.3) is 0 Å². The molecule has 2 aromatic carbocycles. The zero-order valence-corrected chi connectivity index (χ0v) is 15.5. The SMILES string of the molecule is CN(C(=O)C1(c2ccc(F)cc2F)CCCC1)c1ccc(OCC(=O)O)cc1. The van der Waals surface area contributed by atoms with E-state index >= 15 is 0 Å². The Morgan fingerprint density at radius 1 is 1.11 bits per heavy atom. The number of likely N-dealkylation sites (N-methyl/N-ethyl adjacent to an activating group) is 1. The van der Waals surface area contributed by atoms with E-state index in [1.165, 1.54) is 17.0 Å². The van der Waals surface area contributed by atoms with Crippen molar-refractivity contribution in [2.45, 2.75) is 31.1 Å². The molecular weight excluding hydrogens is 368 g/mol. The average molecular weight is 389 g/mol. The van der Waals surface area contributed by atoms with Gasteiger partial charge in [-0.1, -0.05) is 18.9 Å². The first-order valence-electron chi connectivity index (χ1n) is 9.02. The van der Waals surface area contributed by atoms with Gasteiger partial charge in [0.1, 0.15) is 17.4 Å². The molecular formula is C21H21F2NO4. The van der Waals surface area contributed by atoms with E-state index in [1.807, 2.05) is 0 Å². The molecule has 0 radical (unpaired) electrons. The largest absolute Gasteiger partial charge is 0.482 e. The predicted octanol–water partition coefficient (Wildman–Crippen LogP) is 3.90. The normalized spacial score (nSPS) is 15.2. The topological polar surface area (TPSA) is 66.8 Å². The maximum Gasteiger partial charge on any atom is 0.341 e. The van der Waals surface area contributed by atoms with Gasteiger partial charge in [0, 0.05) is 24.4 Å². The molecule has 3 rings (SSSR count).